The third-order valence-electron chi connectivity index (χ3n) is 4.58. The predicted octanol–water partition coefficient (Wildman–Crippen LogP) is 2.64. The summed E-state index contributed by atoms with van der Waals surface area (Å²) in [5, 5.41) is 15.7. The lowest BCUT2D eigenvalue weighted by Gasteiger charge is -2.30. The van der Waals surface area contributed by atoms with Crippen molar-refractivity contribution in [3.05, 3.63) is 59.7 Å². The Bertz CT molecular complexity index is 822. The molecule has 1 heterocycles. The average Bonchev–Trinajstić information content (AvgIpc) is 2.66. The van der Waals surface area contributed by atoms with E-state index in [0.717, 1.165) is 24.1 Å². The first-order chi connectivity index (χ1) is 13.0. The van der Waals surface area contributed by atoms with Gasteiger partial charge in [0.05, 0.1) is 18.2 Å². The maximum atomic E-state index is 12.8. The fourth-order valence-electron chi connectivity index (χ4n) is 3.24. The number of anilines is 2. The zero-order valence-electron chi connectivity index (χ0n) is 15.4. The minimum absolute atomic E-state index is 0.0564. The third kappa shape index (κ3) is 5.08. The van der Waals surface area contributed by atoms with Gasteiger partial charge in [-0.1, -0.05) is 24.3 Å². The Morgan fingerprint density at radius 3 is 2.78 bits per heavy atom. The zero-order chi connectivity index (χ0) is 19.2. The average molecular weight is 367 g/mol. The molecule has 1 aliphatic rings. The van der Waals surface area contributed by atoms with E-state index in [1.807, 2.05) is 37.3 Å². The number of rotatable bonds is 5. The number of β-amino-alcohol motifs (C(OH)–C–C–N with tert-alkyl or cyclic N) is 1. The van der Waals surface area contributed by atoms with Gasteiger partial charge in [-0.15, -0.1) is 0 Å². The molecule has 2 aromatic carbocycles. The third-order valence-corrected chi connectivity index (χ3v) is 4.58. The Morgan fingerprint density at radius 1 is 1.19 bits per heavy atom. The molecule has 1 unspecified atom stereocenters. The summed E-state index contributed by atoms with van der Waals surface area (Å²) in [5.41, 5.74) is 2.94. The van der Waals surface area contributed by atoms with Crippen LogP contribution in [0.5, 0.6) is 0 Å². The highest BCUT2D eigenvalue weighted by Crippen LogP contribution is 2.20. The summed E-state index contributed by atoms with van der Waals surface area (Å²) >= 11 is 0. The minimum atomic E-state index is -0.470. The molecule has 0 bridgehead atoms. The summed E-state index contributed by atoms with van der Waals surface area (Å²) in [5.74, 6) is -0.313. The number of carbonyl (C=O) groups excluding carboxylic acids is 2. The maximum absolute atomic E-state index is 12.8. The van der Waals surface area contributed by atoms with Crippen LogP contribution < -0.4 is 10.6 Å². The van der Waals surface area contributed by atoms with E-state index in [4.69, 9.17) is 0 Å². The molecular weight excluding hydrogens is 342 g/mol. The van der Waals surface area contributed by atoms with Crippen LogP contribution in [0.25, 0.3) is 0 Å². The van der Waals surface area contributed by atoms with Crippen LogP contribution in [0.2, 0.25) is 0 Å². The van der Waals surface area contributed by atoms with Crippen LogP contribution in [0.3, 0.4) is 0 Å². The number of carbonyl (C=O) groups is 2. The predicted molar refractivity (Wildman–Crippen MR) is 106 cm³/mol. The molecule has 2 amide bonds. The first kappa shape index (κ1) is 18.9. The van der Waals surface area contributed by atoms with Crippen molar-refractivity contribution in [2.75, 3.05) is 30.3 Å². The number of aliphatic hydroxyl groups is 1. The Hall–Kier alpha value is -2.86. The largest absolute Gasteiger partial charge is 0.391 e. The summed E-state index contributed by atoms with van der Waals surface area (Å²) in [6.45, 7) is 3.01. The van der Waals surface area contributed by atoms with Gasteiger partial charge in [-0.25, -0.2) is 0 Å². The first-order valence-electron chi connectivity index (χ1n) is 9.19. The van der Waals surface area contributed by atoms with Gasteiger partial charge in [0.1, 0.15) is 0 Å². The van der Waals surface area contributed by atoms with Crippen molar-refractivity contribution in [2.24, 2.45) is 0 Å². The molecule has 0 radical (unpaired) electrons. The Labute approximate surface area is 159 Å². The van der Waals surface area contributed by atoms with Gasteiger partial charge in [-0.2, -0.15) is 0 Å². The van der Waals surface area contributed by atoms with Crippen LogP contribution in [-0.2, 0) is 4.79 Å². The van der Waals surface area contributed by atoms with E-state index in [1.165, 1.54) is 0 Å². The summed E-state index contributed by atoms with van der Waals surface area (Å²) in [7, 11) is 0. The number of amides is 2. The van der Waals surface area contributed by atoms with Gasteiger partial charge < -0.3 is 20.6 Å². The number of piperidine rings is 1. The standard InChI is InChI=1S/C21H25N3O3/c1-15-6-4-7-16(12-15)23-20(26)13-22-19-10-3-2-9-18(19)21(27)24-11-5-8-17(25)14-24/h2-4,6-7,9-10,12,17,22,25H,5,8,11,13-14H2,1H3,(H,23,26). The minimum Gasteiger partial charge on any atom is -0.391 e. The molecule has 3 N–H and O–H groups in total. The maximum Gasteiger partial charge on any atom is 0.256 e. The van der Waals surface area contributed by atoms with Crippen LogP contribution in [0.1, 0.15) is 28.8 Å². The van der Waals surface area contributed by atoms with E-state index in [9.17, 15) is 14.7 Å². The number of aryl methyl sites for hydroxylation is 1. The van der Waals surface area contributed by atoms with E-state index in [2.05, 4.69) is 10.6 Å². The van der Waals surface area contributed by atoms with Gasteiger partial charge in [-0.05, 0) is 49.6 Å². The summed E-state index contributed by atoms with van der Waals surface area (Å²) in [6, 6.07) is 14.7. The van der Waals surface area contributed by atoms with Gasteiger partial charge in [-0.3, -0.25) is 9.59 Å². The molecule has 0 aliphatic carbocycles. The van der Waals surface area contributed by atoms with Gasteiger partial charge in [0, 0.05) is 24.5 Å². The summed E-state index contributed by atoms with van der Waals surface area (Å²) < 4.78 is 0. The van der Waals surface area contributed by atoms with Crippen LogP contribution >= 0.6 is 0 Å². The van der Waals surface area contributed by atoms with E-state index >= 15 is 0 Å². The van der Waals surface area contributed by atoms with Crippen LogP contribution in [-0.4, -0.2) is 47.6 Å². The number of nitrogens with one attached hydrogen (secondary N) is 2. The fraction of sp³-hybridized carbons (Fsp3) is 0.333. The van der Waals surface area contributed by atoms with Crippen LogP contribution in [0.4, 0.5) is 11.4 Å². The molecule has 27 heavy (non-hydrogen) atoms. The number of hydrogen-bond acceptors (Lipinski definition) is 4. The quantitative estimate of drug-likeness (QED) is 0.759. The van der Waals surface area contributed by atoms with E-state index in [-0.39, 0.29) is 18.4 Å². The number of nitrogens with zero attached hydrogens (tertiary/aromatic N) is 1. The highest BCUT2D eigenvalue weighted by atomic mass is 16.3. The van der Waals surface area contributed by atoms with Gasteiger partial charge in [0.15, 0.2) is 0 Å². The molecule has 1 atom stereocenters. The monoisotopic (exact) mass is 367 g/mol. The summed E-state index contributed by atoms with van der Waals surface area (Å²) in [6.07, 6.45) is 1.05. The SMILES string of the molecule is Cc1cccc(NC(=O)CNc2ccccc2C(=O)N2CCCC(O)C2)c1. The molecule has 1 saturated heterocycles. The van der Waals surface area contributed by atoms with Crippen molar-refractivity contribution in [3.63, 3.8) is 0 Å². The molecule has 6 heteroatoms. The molecule has 142 valence electrons. The normalized spacial score (nSPS) is 16.7. The Kier molecular flexibility index (Phi) is 6.08. The Morgan fingerprint density at radius 2 is 2.00 bits per heavy atom. The molecule has 0 spiro atoms. The van der Waals surface area contributed by atoms with E-state index < -0.39 is 6.10 Å². The smallest absolute Gasteiger partial charge is 0.256 e. The lowest BCUT2D eigenvalue weighted by atomic mass is 10.1. The van der Waals surface area contributed by atoms with E-state index in [0.29, 0.717) is 24.3 Å². The van der Waals surface area contributed by atoms with Gasteiger partial charge in [0.25, 0.3) is 5.91 Å². The fourth-order valence-corrected chi connectivity index (χ4v) is 3.24. The first-order valence-corrected chi connectivity index (χ1v) is 9.19. The number of hydrogen-bond donors (Lipinski definition) is 3. The number of likely N-dealkylation sites (tertiary alicyclic amines) is 1. The van der Waals surface area contributed by atoms with Crippen molar-refractivity contribution in [1.29, 1.82) is 0 Å². The van der Waals surface area contributed by atoms with E-state index in [1.54, 1.807) is 23.1 Å². The second kappa shape index (κ2) is 8.68. The van der Waals surface area contributed by atoms with Gasteiger partial charge >= 0.3 is 0 Å². The summed E-state index contributed by atoms with van der Waals surface area (Å²) in [4.78, 5) is 26.7. The van der Waals surface area contributed by atoms with Crippen molar-refractivity contribution >= 4 is 23.2 Å². The molecule has 0 saturated carbocycles. The zero-order valence-corrected chi connectivity index (χ0v) is 15.4. The topological polar surface area (TPSA) is 81.7 Å². The highest BCUT2D eigenvalue weighted by Gasteiger charge is 2.24. The number of benzene rings is 2. The van der Waals surface area contributed by atoms with Crippen molar-refractivity contribution < 1.29 is 14.7 Å². The van der Waals surface area contributed by atoms with Crippen molar-refractivity contribution in [2.45, 2.75) is 25.9 Å². The molecule has 1 aliphatic heterocycles. The van der Waals surface area contributed by atoms with Crippen molar-refractivity contribution in [1.82, 2.24) is 4.90 Å². The molecular formula is C21H25N3O3. The van der Waals surface area contributed by atoms with Crippen LogP contribution in [0.15, 0.2) is 48.5 Å². The molecule has 3 rings (SSSR count). The number of para-hydroxylation sites is 1. The highest BCUT2D eigenvalue weighted by molar-refractivity contribution is 6.01. The molecule has 0 aromatic heterocycles. The second-order valence-electron chi connectivity index (χ2n) is 6.86. The molecule has 1 fully saturated rings. The second-order valence-corrected chi connectivity index (χ2v) is 6.86. The lowest BCUT2D eigenvalue weighted by Crippen LogP contribution is -2.42. The number of aliphatic hydroxyl groups excluding tert-OH is 1. The Balaban J connectivity index is 1.63. The molecule has 2 aromatic rings. The van der Waals surface area contributed by atoms with Gasteiger partial charge in [0.2, 0.25) is 5.91 Å². The lowest BCUT2D eigenvalue weighted by molar-refractivity contribution is -0.114. The molecule has 6 nitrogen and oxygen atoms in total. The van der Waals surface area contributed by atoms with Crippen molar-refractivity contribution in [3.8, 4) is 0 Å². The van der Waals surface area contributed by atoms with Crippen LogP contribution in [0, 0.1) is 6.92 Å².